The Hall–Kier alpha value is -3.13. The number of nitrogens with zero attached hydrogens (tertiary/aromatic N) is 2. The fourth-order valence-electron chi connectivity index (χ4n) is 3.52. The highest BCUT2D eigenvalue weighted by Crippen LogP contribution is 2.31. The van der Waals surface area contributed by atoms with Crippen molar-refractivity contribution in [3.63, 3.8) is 0 Å². The third kappa shape index (κ3) is 3.27. The second-order valence-electron chi connectivity index (χ2n) is 6.70. The number of thiophene rings is 1. The second-order valence-corrected chi connectivity index (χ2v) is 7.48. The molecule has 0 aliphatic carbocycles. The van der Waals surface area contributed by atoms with Gasteiger partial charge in [0.15, 0.2) is 0 Å². The number of rotatable bonds is 3. The van der Waals surface area contributed by atoms with Crippen LogP contribution in [0.1, 0.15) is 10.4 Å². The Balaban J connectivity index is 1.61. The predicted octanol–water partition coefficient (Wildman–Crippen LogP) is 2.39. The fraction of sp³-hybridized carbons (Fsp3) is 0.250. The maximum absolute atomic E-state index is 13.2. The van der Waals surface area contributed by atoms with Crippen molar-refractivity contribution in [3.05, 3.63) is 53.2 Å². The first kappa shape index (κ1) is 18.2. The summed E-state index contributed by atoms with van der Waals surface area (Å²) in [5.74, 6) is -0.474. The van der Waals surface area contributed by atoms with Gasteiger partial charge in [0.25, 0.3) is 5.91 Å². The number of anilines is 1. The Morgan fingerprint density at radius 3 is 2.89 bits per heavy atom. The predicted molar refractivity (Wildman–Crippen MR) is 108 cm³/mol. The van der Waals surface area contributed by atoms with E-state index >= 15 is 0 Å². The number of carbonyl (C=O) groups is 3. The van der Waals surface area contributed by atoms with Gasteiger partial charge in [0.05, 0.1) is 17.8 Å². The average Bonchev–Trinajstić information content (AvgIpc) is 3.23. The summed E-state index contributed by atoms with van der Waals surface area (Å²) < 4.78 is 0. The summed E-state index contributed by atoms with van der Waals surface area (Å²) in [6.07, 6.45) is 1.59. The van der Waals surface area contributed by atoms with E-state index in [1.807, 2.05) is 29.0 Å². The lowest BCUT2D eigenvalue weighted by molar-refractivity contribution is -0.121. The molecule has 2 aromatic rings. The molecule has 144 valence electrons. The number of fused-ring (bicyclic) bond motifs is 2. The molecular formula is C20H20N4O3S. The number of urea groups is 1. The van der Waals surface area contributed by atoms with Gasteiger partial charge in [-0.1, -0.05) is 12.1 Å². The van der Waals surface area contributed by atoms with Gasteiger partial charge in [-0.25, -0.2) is 4.79 Å². The smallest absolute Gasteiger partial charge is 0.317 e. The minimum Gasteiger partial charge on any atom is -0.335 e. The molecule has 0 radical (unpaired) electrons. The molecule has 2 N–H and O–H groups in total. The number of benzene rings is 1. The van der Waals surface area contributed by atoms with Crippen LogP contribution in [0.2, 0.25) is 0 Å². The number of carbonyl (C=O) groups excluding carboxylic acids is 3. The van der Waals surface area contributed by atoms with Gasteiger partial charge in [-0.3, -0.25) is 9.59 Å². The molecule has 2 aliphatic heterocycles. The standard InChI is InChI=1S/C20H20N4O3S/c1-2-6-21-20(27)23-7-8-24-17(11-23)18(25)22-16-4-3-13(10-15(16)19(24)26)14-5-9-28-12-14/h2-5,9-10,12,17H,1,6-8,11H2,(H,21,27)(H,22,25). The molecule has 1 saturated heterocycles. The van der Waals surface area contributed by atoms with Crippen molar-refractivity contribution in [1.29, 1.82) is 0 Å². The average molecular weight is 396 g/mol. The quantitative estimate of drug-likeness (QED) is 0.782. The summed E-state index contributed by atoms with van der Waals surface area (Å²) in [6, 6.07) is 6.51. The topological polar surface area (TPSA) is 81.8 Å². The Bertz CT molecular complexity index is 941. The van der Waals surface area contributed by atoms with Crippen LogP contribution in [-0.4, -0.2) is 59.9 Å². The van der Waals surface area contributed by atoms with Crippen LogP contribution in [-0.2, 0) is 4.79 Å². The normalized spacial score (nSPS) is 18.6. The first-order chi connectivity index (χ1) is 13.6. The largest absolute Gasteiger partial charge is 0.335 e. The monoisotopic (exact) mass is 396 g/mol. The molecular weight excluding hydrogens is 376 g/mol. The second kappa shape index (κ2) is 7.47. The van der Waals surface area contributed by atoms with Crippen molar-refractivity contribution in [2.75, 3.05) is 31.5 Å². The highest BCUT2D eigenvalue weighted by molar-refractivity contribution is 7.08. The summed E-state index contributed by atoms with van der Waals surface area (Å²) >= 11 is 1.59. The van der Waals surface area contributed by atoms with Crippen LogP contribution in [0.5, 0.6) is 0 Å². The Morgan fingerprint density at radius 2 is 2.14 bits per heavy atom. The number of piperazine rings is 1. The van der Waals surface area contributed by atoms with Crippen LogP contribution < -0.4 is 10.6 Å². The first-order valence-electron chi connectivity index (χ1n) is 9.00. The Labute approximate surface area is 166 Å². The maximum Gasteiger partial charge on any atom is 0.317 e. The molecule has 1 fully saturated rings. The molecule has 0 bridgehead atoms. The molecule has 4 amide bonds. The summed E-state index contributed by atoms with van der Waals surface area (Å²) in [7, 11) is 0. The van der Waals surface area contributed by atoms with E-state index in [4.69, 9.17) is 0 Å². The van der Waals surface area contributed by atoms with Gasteiger partial charge in [0.2, 0.25) is 5.91 Å². The summed E-state index contributed by atoms with van der Waals surface area (Å²) in [5, 5.41) is 9.57. The molecule has 1 aromatic carbocycles. The van der Waals surface area contributed by atoms with E-state index in [2.05, 4.69) is 17.2 Å². The molecule has 7 nitrogen and oxygen atoms in total. The molecule has 0 saturated carbocycles. The highest BCUT2D eigenvalue weighted by atomic mass is 32.1. The Morgan fingerprint density at radius 1 is 1.29 bits per heavy atom. The van der Waals surface area contributed by atoms with Gasteiger partial charge in [-0.15, -0.1) is 6.58 Å². The lowest BCUT2D eigenvalue weighted by Gasteiger charge is -2.39. The minimum absolute atomic E-state index is 0.159. The van der Waals surface area contributed by atoms with Crippen molar-refractivity contribution >= 4 is 34.9 Å². The van der Waals surface area contributed by atoms with Crippen molar-refractivity contribution in [1.82, 2.24) is 15.1 Å². The highest BCUT2D eigenvalue weighted by Gasteiger charge is 2.40. The summed E-state index contributed by atoms with van der Waals surface area (Å²) in [6.45, 7) is 4.77. The van der Waals surface area contributed by atoms with E-state index in [1.165, 1.54) is 0 Å². The van der Waals surface area contributed by atoms with E-state index < -0.39 is 6.04 Å². The van der Waals surface area contributed by atoms with Gasteiger partial charge in [-0.05, 0) is 40.1 Å². The first-order valence-corrected chi connectivity index (χ1v) is 9.95. The molecule has 1 aromatic heterocycles. The van der Waals surface area contributed by atoms with Crippen molar-refractivity contribution in [2.24, 2.45) is 0 Å². The maximum atomic E-state index is 13.2. The number of nitrogens with one attached hydrogen (secondary N) is 2. The van der Waals surface area contributed by atoms with Crippen molar-refractivity contribution < 1.29 is 14.4 Å². The lowest BCUT2D eigenvalue weighted by atomic mass is 10.0. The van der Waals surface area contributed by atoms with Crippen LogP contribution in [0.15, 0.2) is 47.7 Å². The van der Waals surface area contributed by atoms with E-state index in [9.17, 15) is 14.4 Å². The third-order valence-corrected chi connectivity index (χ3v) is 5.67. The molecule has 3 heterocycles. The summed E-state index contributed by atoms with van der Waals surface area (Å²) in [4.78, 5) is 41.3. The van der Waals surface area contributed by atoms with Crippen molar-refractivity contribution in [2.45, 2.75) is 6.04 Å². The van der Waals surface area contributed by atoms with Gasteiger partial charge in [-0.2, -0.15) is 11.3 Å². The lowest BCUT2D eigenvalue weighted by Crippen LogP contribution is -2.60. The van der Waals surface area contributed by atoms with E-state index in [0.717, 1.165) is 11.1 Å². The third-order valence-electron chi connectivity index (χ3n) is 4.99. The minimum atomic E-state index is -0.715. The molecule has 8 heteroatoms. The van der Waals surface area contributed by atoms with Crippen molar-refractivity contribution in [3.8, 4) is 11.1 Å². The molecule has 0 spiro atoms. The SMILES string of the molecule is C=CCNC(=O)N1CCN2C(=O)c3cc(-c4ccsc4)ccc3NC(=O)C2C1. The number of hydrogen-bond donors (Lipinski definition) is 2. The fourth-order valence-corrected chi connectivity index (χ4v) is 4.18. The zero-order valence-corrected chi connectivity index (χ0v) is 16.0. The number of hydrogen-bond acceptors (Lipinski definition) is 4. The molecule has 1 unspecified atom stereocenters. The van der Waals surface area contributed by atoms with Crippen LogP contribution in [0.3, 0.4) is 0 Å². The van der Waals surface area contributed by atoms with Crippen LogP contribution in [0.4, 0.5) is 10.5 Å². The zero-order chi connectivity index (χ0) is 19.7. The van der Waals surface area contributed by atoms with Crippen LogP contribution in [0, 0.1) is 0 Å². The molecule has 28 heavy (non-hydrogen) atoms. The van der Waals surface area contributed by atoms with Crippen LogP contribution >= 0.6 is 11.3 Å². The molecule has 2 aliphatic rings. The number of amides is 4. The zero-order valence-electron chi connectivity index (χ0n) is 15.2. The molecule has 1 atom stereocenters. The van der Waals surface area contributed by atoms with Gasteiger partial charge < -0.3 is 20.4 Å². The van der Waals surface area contributed by atoms with Gasteiger partial charge in [0, 0.05) is 19.6 Å². The van der Waals surface area contributed by atoms with Gasteiger partial charge >= 0.3 is 6.03 Å². The molecule has 4 rings (SSSR count). The van der Waals surface area contributed by atoms with E-state index in [0.29, 0.717) is 30.9 Å². The van der Waals surface area contributed by atoms with Crippen LogP contribution in [0.25, 0.3) is 11.1 Å². The summed E-state index contributed by atoms with van der Waals surface area (Å²) in [5.41, 5.74) is 2.95. The van der Waals surface area contributed by atoms with Gasteiger partial charge in [0.1, 0.15) is 6.04 Å². The van der Waals surface area contributed by atoms with E-state index in [-0.39, 0.29) is 24.4 Å². The van der Waals surface area contributed by atoms with E-state index in [1.54, 1.807) is 33.3 Å². The Kier molecular flexibility index (Phi) is 4.87.